The number of fused-ring (bicyclic) bond motifs is 1. The van der Waals surface area contributed by atoms with Gasteiger partial charge in [0.25, 0.3) is 0 Å². The van der Waals surface area contributed by atoms with Crippen molar-refractivity contribution in [3.8, 4) is 16.9 Å². The average Bonchev–Trinajstić information content (AvgIpc) is 2.41. The van der Waals surface area contributed by atoms with Crippen LogP contribution in [0.1, 0.15) is 17.5 Å². The summed E-state index contributed by atoms with van der Waals surface area (Å²) in [7, 11) is 0. The van der Waals surface area contributed by atoms with Crippen LogP contribution in [0.4, 0.5) is 0 Å². The molecule has 0 N–H and O–H groups in total. The first-order valence-corrected chi connectivity index (χ1v) is 6.17. The lowest BCUT2D eigenvalue weighted by molar-refractivity contribution is 0.289. The van der Waals surface area contributed by atoms with Crippen molar-refractivity contribution in [3.05, 3.63) is 53.6 Å². The van der Waals surface area contributed by atoms with Crippen LogP contribution < -0.4 is 4.74 Å². The Labute approximate surface area is 102 Å². The van der Waals surface area contributed by atoms with Crippen LogP contribution in [-0.4, -0.2) is 6.61 Å². The third-order valence-electron chi connectivity index (χ3n) is 3.40. The first-order chi connectivity index (χ1) is 8.36. The molecule has 0 amide bonds. The summed E-state index contributed by atoms with van der Waals surface area (Å²) >= 11 is 0. The van der Waals surface area contributed by atoms with Crippen molar-refractivity contribution in [1.29, 1.82) is 0 Å². The average molecular weight is 224 g/mol. The van der Waals surface area contributed by atoms with E-state index in [1.54, 1.807) is 0 Å². The fraction of sp³-hybridized carbons (Fsp3) is 0.250. The molecule has 1 heteroatoms. The van der Waals surface area contributed by atoms with Gasteiger partial charge < -0.3 is 4.74 Å². The molecule has 0 aliphatic carbocycles. The highest BCUT2D eigenvalue weighted by molar-refractivity contribution is 5.73. The minimum Gasteiger partial charge on any atom is -0.493 e. The van der Waals surface area contributed by atoms with Crippen LogP contribution in [-0.2, 0) is 6.42 Å². The van der Waals surface area contributed by atoms with Crippen molar-refractivity contribution in [2.75, 3.05) is 6.61 Å². The molecule has 0 fully saturated rings. The maximum Gasteiger partial charge on any atom is 0.130 e. The standard InChI is InChI=1S/C16H16O/c1-12-9-10-15(13-6-3-2-4-7-13)16-14(12)8-5-11-17-16/h2-4,6-7,9-10H,5,8,11H2,1H3. The van der Waals surface area contributed by atoms with E-state index in [9.17, 15) is 0 Å². The summed E-state index contributed by atoms with van der Waals surface area (Å²) in [5.41, 5.74) is 5.20. The van der Waals surface area contributed by atoms with Crippen LogP contribution in [0.15, 0.2) is 42.5 Å². The molecule has 0 atom stereocenters. The molecular formula is C16H16O. The normalized spacial score (nSPS) is 13.9. The summed E-state index contributed by atoms with van der Waals surface area (Å²) in [5.74, 6) is 1.10. The third-order valence-corrected chi connectivity index (χ3v) is 3.40. The van der Waals surface area contributed by atoms with E-state index in [1.165, 1.54) is 22.3 Å². The highest BCUT2D eigenvalue weighted by atomic mass is 16.5. The van der Waals surface area contributed by atoms with Gasteiger partial charge in [-0.3, -0.25) is 0 Å². The van der Waals surface area contributed by atoms with Crippen molar-refractivity contribution in [2.45, 2.75) is 19.8 Å². The molecule has 0 radical (unpaired) electrons. The molecule has 2 aromatic carbocycles. The maximum absolute atomic E-state index is 5.89. The van der Waals surface area contributed by atoms with E-state index < -0.39 is 0 Å². The highest BCUT2D eigenvalue weighted by Crippen LogP contribution is 2.37. The van der Waals surface area contributed by atoms with E-state index in [0.29, 0.717) is 0 Å². The van der Waals surface area contributed by atoms with Crippen molar-refractivity contribution in [1.82, 2.24) is 0 Å². The second kappa shape index (κ2) is 4.25. The number of hydrogen-bond acceptors (Lipinski definition) is 1. The van der Waals surface area contributed by atoms with E-state index in [4.69, 9.17) is 4.74 Å². The molecule has 0 unspecified atom stereocenters. The van der Waals surface area contributed by atoms with Gasteiger partial charge in [0, 0.05) is 5.56 Å². The van der Waals surface area contributed by atoms with E-state index >= 15 is 0 Å². The van der Waals surface area contributed by atoms with Crippen LogP contribution >= 0.6 is 0 Å². The van der Waals surface area contributed by atoms with E-state index in [1.807, 2.05) is 6.07 Å². The smallest absolute Gasteiger partial charge is 0.130 e. The minimum absolute atomic E-state index is 0.844. The molecule has 1 aliphatic heterocycles. The lowest BCUT2D eigenvalue weighted by atomic mass is 9.94. The minimum atomic E-state index is 0.844. The predicted octanol–water partition coefficient (Wildman–Crippen LogP) is 3.99. The third kappa shape index (κ3) is 1.82. The fourth-order valence-electron chi connectivity index (χ4n) is 2.47. The molecule has 2 aromatic rings. The Balaban J connectivity index is 2.18. The van der Waals surface area contributed by atoms with Gasteiger partial charge >= 0.3 is 0 Å². The van der Waals surface area contributed by atoms with Gasteiger partial charge in [-0.25, -0.2) is 0 Å². The summed E-state index contributed by atoms with van der Waals surface area (Å²) in [4.78, 5) is 0. The number of benzene rings is 2. The maximum atomic E-state index is 5.89. The van der Waals surface area contributed by atoms with Gasteiger partial charge in [0.05, 0.1) is 6.61 Å². The summed E-state index contributed by atoms with van der Waals surface area (Å²) in [6.45, 7) is 3.01. The molecule has 1 nitrogen and oxygen atoms in total. The van der Waals surface area contributed by atoms with Crippen LogP contribution in [0.3, 0.4) is 0 Å². The summed E-state index contributed by atoms with van der Waals surface area (Å²) in [6.07, 6.45) is 2.27. The lowest BCUT2D eigenvalue weighted by Gasteiger charge is -2.22. The van der Waals surface area contributed by atoms with Gasteiger partial charge in [-0.15, -0.1) is 0 Å². The van der Waals surface area contributed by atoms with Gasteiger partial charge in [-0.05, 0) is 36.5 Å². The molecule has 0 spiro atoms. The summed E-state index contributed by atoms with van der Waals surface area (Å²) in [5, 5.41) is 0. The monoisotopic (exact) mass is 224 g/mol. The first kappa shape index (κ1) is 10.4. The molecule has 1 heterocycles. The Morgan fingerprint density at radius 3 is 2.65 bits per heavy atom. The van der Waals surface area contributed by atoms with Crippen molar-refractivity contribution < 1.29 is 4.74 Å². The van der Waals surface area contributed by atoms with Gasteiger partial charge in [0.15, 0.2) is 0 Å². The summed E-state index contributed by atoms with van der Waals surface area (Å²) in [6, 6.07) is 14.9. The Kier molecular flexibility index (Phi) is 2.60. The summed E-state index contributed by atoms with van der Waals surface area (Å²) < 4.78 is 5.89. The fourth-order valence-corrected chi connectivity index (χ4v) is 2.47. The van der Waals surface area contributed by atoms with Crippen LogP contribution in [0.5, 0.6) is 5.75 Å². The quantitative estimate of drug-likeness (QED) is 0.711. The lowest BCUT2D eigenvalue weighted by Crippen LogP contribution is -2.10. The molecule has 0 aromatic heterocycles. The Morgan fingerprint density at radius 1 is 1.00 bits per heavy atom. The second-order valence-electron chi connectivity index (χ2n) is 4.56. The predicted molar refractivity (Wildman–Crippen MR) is 70.4 cm³/mol. The van der Waals surface area contributed by atoms with Crippen LogP contribution in [0.25, 0.3) is 11.1 Å². The van der Waals surface area contributed by atoms with Gasteiger partial charge in [0.1, 0.15) is 5.75 Å². The molecule has 17 heavy (non-hydrogen) atoms. The number of rotatable bonds is 1. The molecule has 1 aliphatic rings. The highest BCUT2D eigenvalue weighted by Gasteiger charge is 2.17. The zero-order valence-corrected chi connectivity index (χ0v) is 10.1. The Hall–Kier alpha value is -1.76. The SMILES string of the molecule is Cc1ccc(-c2ccccc2)c2c1CCCO2. The zero-order valence-electron chi connectivity index (χ0n) is 10.1. The van der Waals surface area contributed by atoms with Crippen molar-refractivity contribution in [2.24, 2.45) is 0 Å². The van der Waals surface area contributed by atoms with Gasteiger partial charge in [-0.1, -0.05) is 42.5 Å². The molecule has 3 rings (SSSR count). The molecular weight excluding hydrogens is 208 g/mol. The molecule has 86 valence electrons. The van der Waals surface area contributed by atoms with E-state index in [0.717, 1.165) is 25.2 Å². The van der Waals surface area contributed by atoms with Crippen LogP contribution in [0.2, 0.25) is 0 Å². The van der Waals surface area contributed by atoms with Crippen molar-refractivity contribution >= 4 is 0 Å². The second-order valence-corrected chi connectivity index (χ2v) is 4.56. The Bertz CT molecular complexity index is 529. The topological polar surface area (TPSA) is 9.23 Å². The molecule has 0 saturated heterocycles. The Morgan fingerprint density at radius 2 is 1.82 bits per heavy atom. The van der Waals surface area contributed by atoms with Gasteiger partial charge in [0.2, 0.25) is 0 Å². The number of ether oxygens (including phenoxy) is 1. The van der Waals surface area contributed by atoms with E-state index in [-0.39, 0.29) is 0 Å². The first-order valence-electron chi connectivity index (χ1n) is 6.17. The van der Waals surface area contributed by atoms with E-state index in [2.05, 4.69) is 43.3 Å². The van der Waals surface area contributed by atoms with Crippen LogP contribution in [0, 0.1) is 6.92 Å². The van der Waals surface area contributed by atoms with Gasteiger partial charge in [-0.2, -0.15) is 0 Å². The molecule has 0 saturated carbocycles. The largest absolute Gasteiger partial charge is 0.493 e. The molecule has 0 bridgehead atoms. The van der Waals surface area contributed by atoms with Crippen molar-refractivity contribution in [3.63, 3.8) is 0 Å². The zero-order chi connectivity index (χ0) is 11.7. The number of hydrogen-bond donors (Lipinski definition) is 0. The number of aryl methyl sites for hydroxylation is 1.